The van der Waals surface area contributed by atoms with E-state index < -0.39 is 0 Å². The van der Waals surface area contributed by atoms with Gasteiger partial charge < -0.3 is 14.8 Å². The lowest BCUT2D eigenvalue weighted by molar-refractivity contribution is 0.102. The number of benzene rings is 2. The van der Waals surface area contributed by atoms with Gasteiger partial charge in [0.05, 0.1) is 25.6 Å². The zero-order valence-corrected chi connectivity index (χ0v) is 17.2. The highest BCUT2D eigenvalue weighted by atomic mass is 79.9. The Morgan fingerprint density at radius 3 is 2.38 bits per heavy atom. The van der Waals surface area contributed by atoms with Crippen molar-refractivity contribution in [3.05, 3.63) is 63.3 Å². The van der Waals surface area contributed by atoms with Gasteiger partial charge in [-0.2, -0.15) is 5.10 Å². The van der Waals surface area contributed by atoms with Crippen molar-refractivity contribution in [1.82, 2.24) is 9.78 Å². The summed E-state index contributed by atoms with van der Waals surface area (Å²) in [5, 5.41) is 7.15. The minimum atomic E-state index is -0.291. The molecule has 0 aliphatic rings. The van der Waals surface area contributed by atoms with Gasteiger partial charge in [-0.05, 0) is 52.3 Å². The molecule has 134 valence electrons. The molecule has 26 heavy (non-hydrogen) atoms. The summed E-state index contributed by atoms with van der Waals surface area (Å²) in [6.07, 6.45) is 3.49. The highest BCUT2D eigenvalue weighted by Gasteiger charge is 2.16. The maximum absolute atomic E-state index is 12.8. The van der Waals surface area contributed by atoms with Gasteiger partial charge in [-0.3, -0.25) is 4.79 Å². The van der Waals surface area contributed by atoms with Crippen LogP contribution in [0.25, 0.3) is 5.69 Å². The first-order chi connectivity index (χ1) is 12.5. The van der Waals surface area contributed by atoms with Crippen molar-refractivity contribution in [2.75, 3.05) is 19.5 Å². The Balaban J connectivity index is 1.98. The van der Waals surface area contributed by atoms with Crippen LogP contribution in [0.15, 0.2) is 57.7 Å². The number of hydrogen-bond acceptors (Lipinski definition) is 4. The molecule has 8 heteroatoms. The van der Waals surface area contributed by atoms with Crippen LogP contribution < -0.4 is 14.8 Å². The van der Waals surface area contributed by atoms with E-state index in [2.05, 4.69) is 42.3 Å². The standard InChI is InChI=1S/C18H15Br2N3O3/c1-25-15-8-11(9-16(26-2)17(15)20)18(24)22-13-10-12(19)4-5-14(13)23-7-3-6-21-23/h3-10H,1-2H3,(H,22,24). The number of anilines is 1. The van der Waals surface area contributed by atoms with Gasteiger partial charge in [0, 0.05) is 22.4 Å². The van der Waals surface area contributed by atoms with Gasteiger partial charge >= 0.3 is 0 Å². The van der Waals surface area contributed by atoms with Crippen LogP contribution in [-0.2, 0) is 0 Å². The lowest BCUT2D eigenvalue weighted by atomic mass is 10.1. The number of rotatable bonds is 5. The smallest absolute Gasteiger partial charge is 0.255 e. The van der Waals surface area contributed by atoms with Crippen molar-refractivity contribution in [1.29, 1.82) is 0 Å². The predicted molar refractivity (Wildman–Crippen MR) is 106 cm³/mol. The number of carbonyl (C=O) groups is 1. The van der Waals surface area contributed by atoms with Crippen LogP contribution in [-0.4, -0.2) is 29.9 Å². The molecule has 0 fully saturated rings. The number of methoxy groups -OCH3 is 2. The van der Waals surface area contributed by atoms with Crippen LogP contribution in [0.5, 0.6) is 11.5 Å². The first-order valence-electron chi connectivity index (χ1n) is 7.56. The summed E-state index contributed by atoms with van der Waals surface area (Å²) in [6.45, 7) is 0. The van der Waals surface area contributed by atoms with E-state index in [1.807, 2.05) is 30.5 Å². The van der Waals surface area contributed by atoms with Gasteiger partial charge in [0.15, 0.2) is 0 Å². The van der Waals surface area contributed by atoms with E-state index in [9.17, 15) is 4.79 Å². The lowest BCUT2D eigenvalue weighted by Crippen LogP contribution is -2.14. The molecule has 6 nitrogen and oxygen atoms in total. The molecule has 0 saturated carbocycles. The van der Waals surface area contributed by atoms with E-state index >= 15 is 0 Å². The quantitative estimate of drug-likeness (QED) is 0.576. The second-order valence-electron chi connectivity index (χ2n) is 5.26. The van der Waals surface area contributed by atoms with Crippen molar-refractivity contribution in [3.8, 4) is 17.2 Å². The Labute approximate surface area is 167 Å². The van der Waals surface area contributed by atoms with Crippen LogP contribution in [0.2, 0.25) is 0 Å². The van der Waals surface area contributed by atoms with Crippen LogP contribution in [0, 0.1) is 0 Å². The zero-order valence-electron chi connectivity index (χ0n) is 14.0. The second-order valence-corrected chi connectivity index (χ2v) is 6.97. The number of amides is 1. The SMILES string of the molecule is COc1cc(C(=O)Nc2cc(Br)ccc2-n2cccn2)cc(OC)c1Br. The third-order valence-electron chi connectivity index (χ3n) is 3.67. The molecule has 0 saturated heterocycles. The van der Waals surface area contributed by atoms with Gasteiger partial charge in [0.1, 0.15) is 16.0 Å². The Kier molecular flexibility index (Phi) is 5.63. The number of nitrogens with zero attached hydrogens (tertiary/aromatic N) is 2. The predicted octanol–water partition coefficient (Wildman–Crippen LogP) is 4.67. The minimum absolute atomic E-state index is 0.291. The van der Waals surface area contributed by atoms with E-state index in [1.165, 1.54) is 14.2 Å². The van der Waals surface area contributed by atoms with Crippen LogP contribution in [0.4, 0.5) is 5.69 Å². The number of aromatic nitrogens is 2. The van der Waals surface area contributed by atoms with E-state index in [1.54, 1.807) is 23.0 Å². The van der Waals surface area contributed by atoms with Crippen molar-refractivity contribution in [2.24, 2.45) is 0 Å². The van der Waals surface area contributed by atoms with Gasteiger partial charge in [-0.1, -0.05) is 15.9 Å². The summed E-state index contributed by atoms with van der Waals surface area (Å²) >= 11 is 6.83. The lowest BCUT2D eigenvalue weighted by Gasteiger charge is -2.14. The fourth-order valence-electron chi connectivity index (χ4n) is 2.41. The summed E-state index contributed by atoms with van der Waals surface area (Å²) in [7, 11) is 3.07. The first kappa shape index (κ1) is 18.5. The summed E-state index contributed by atoms with van der Waals surface area (Å²) in [5.74, 6) is 0.729. The Bertz CT molecular complexity index is 918. The zero-order chi connectivity index (χ0) is 18.7. The van der Waals surface area contributed by atoms with E-state index in [-0.39, 0.29) is 5.91 Å². The minimum Gasteiger partial charge on any atom is -0.495 e. The molecule has 2 aromatic carbocycles. The molecular weight excluding hydrogens is 466 g/mol. The maximum Gasteiger partial charge on any atom is 0.255 e. The fourth-order valence-corrected chi connectivity index (χ4v) is 3.33. The number of hydrogen-bond donors (Lipinski definition) is 1. The normalized spacial score (nSPS) is 10.5. The average molecular weight is 481 g/mol. The van der Waals surface area contributed by atoms with E-state index in [4.69, 9.17) is 9.47 Å². The molecular formula is C18H15Br2N3O3. The molecule has 0 radical (unpaired) electrons. The van der Waals surface area contributed by atoms with Crippen molar-refractivity contribution < 1.29 is 14.3 Å². The van der Waals surface area contributed by atoms with Gasteiger partial charge in [-0.25, -0.2) is 4.68 Å². The molecule has 0 spiro atoms. The molecule has 0 atom stereocenters. The molecule has 0 bridgehead atoms. The van der Waals surface area contributed by atoms with Gasteiger partial charge in [0.25, 0.3) is 5.91 Å². The summed E-state index contributed by atoms with van der Waals surface area (Å²) < 4.78 is 13.8. The maximum atomic E-state index is 12.8. The molecule has 0 unspecified atom stereocenters. The van der Waals surface area contributed by atoms with E-state index in [0.717, 1.165) is 10.2 Å². The van der Waals surface area contributed by atoms with Crippen molar-refractivity contribution in [3.63, 3.8) is 0 Å². The monoisotopic (exact) mass is 479 g/mol. The average Bonchev–Trinajstić information content (AvgIpc) is 3.16. The molecule has 0 aliphatic heterocycles. The summed E-state index contributed by atoms with van der Waals surface area (Å²) in [4.78, 5) is 12.8. The number of nitrogens with one attached hydrogen (secondary N) is 1. The molecule has 1 heterocycles. The molecule has 3 rings (SSSR count). The number of halogens is 2. The third-order valence-corrected chi connectivity index (χ3v) is 4.94. The Morgan fingerprint density at radius 1 is 1.12 bits per heavy atom. The topological polar surface area (TPSA) is 65.4 Å². The molecule has 0 aliphatic carbocycles. The first-order valence-corrected chi connectivity index (χ1v) is 9.14. The van der Waals surface area contributed by atoms with Crippen LogP contribution >= 0.6 is 31.9 Å². The van der Waals surface area contributed by atoms with Gasteiger partial charge in [-0.15, -0.1) is 0 Å². The Hall–Kier alpha value is -2.32. The number of ether oxygens (including phenoxy) is 2. The third kappa shape index (κ3) is 3.76. The van der Waals surface area contributed by atoms with Crippen LogP contribution in [0.3, 0.4) is 0 Å². The van der Waals surface area contributed by atoms with Crippen molar-refractivity contribution in [2.45, 2.75) is 0 Å². The molecule has 1 aromatic heterocycles. The highest BCUT2D eigenvalue weighted by molar-refractivity contribution is 9.11. The second kappa shape index (κ2) is 7.92. The molecule has 1 amide bonds. The summed E-state index contributed by atoms with van der Waals surface area (Å²) in [6, 6.07) is 10.7. The fraction of sp³-hybridized carbons (Fsp3) is 0.111. The van der Waals surface area contributed by atoms with Crippen LogP contribution in [0.1, 0.15) is 10.4 Å². The molecule has 1 N–H and O–H groups in total. The largest absolute Gasteiger partial charge is 0.495 e. The highest BCUT2D eigenvalue weighted by Crippen LogP contribution is 2.36. The van der Waals surface area contributed by atoms with Crippen molar-refractivity contribution >= 4 is 43.5 Å². The van der Waals surface area contributed by atoms with Gasteiger partial charge in [0.2, 0.25) is 0 Å². The Morgan fingerprint density at radius 2 is 1.81 bits per heavy atom. The number of carbonyl (C=O) groups excluding carboxylic acids is 1. The summed E-state index contributed by atoms with van der Waals surface area (Å²) in [5.41, 5.74) is 1.78. The molecule has 3 aromatic rings. The van der Waals surface area contributed by atoms with E-state index in [0.29, 0.717) is 27.2 Å².